The number of methoxy groups -OCH3 is 1. The summed E-state index contributed by atoms with van der Waals surface area (Å²) in [5.41, 5.74) is 1.42. The quantitative estimate of drug-likeness (QED) is 0.854. The molecule has 0 heterocycles. The minimum Gasteiger partial charge on any atom is -0.469 e. The fourth-order valence-corrected chi connectivity index (χ4v) is 1.81. The van der Waals surface area contributed by atoms with Gasteiger partial charge in [-0.25, -0.2) is 0 Å². The van der Waals surface area contributed by atoms with Crippen molar-refractivity contribution in [1.29, 1.82) is 5.26 Å². The van der Waals surface area contributed by atoms with Crippen LogP contribution in [0.3, 0.4) is 0 Å². The van der Waals surface area contributed by atoms with Crippen LogP contribution < -0.4 is 0 Å². The van der Waals surface area contributed by atoms with E-state index in [-0.39, 0.29) is 13.0 Å². The lowest BCUT2D eigenvalue weighted by molar-refractivity contribution is -0.139. The van der Waals surface area contributed by atoms with Crippen molar-refractivity contribution in [2.24, 2.45) is 0 Å². The Morgan fingerprint density at radius 1 is 1.62 bits per heavy atom. The normalized spacial score (nSPS) is 9.62. The standard InChI is InChI=1S/C11H10BrNO3/c1-16-11(15)4-8-7(6-14)2-3-10(12)9(8)5-13/h2-3,14H,4,6H2,1H3. The molecule has 0 atom stereocenters. The number of ether oxygens (including phenoxy) is 1. The summed E-state index contributed by atoms with van der Waals surface area (Å²) in [6, 6.07) is 5.34. The van der Waals surface area contributed by atoms with E-state index in [0.717, 1.165) is 0 Å². The largest absolute Gasteiger partial charge is 0.469 e. The van der Waals surface area contributed by atoms with Crippen LogP contribution in [0.5, 0.6) is 0 Å². The topological polar surface area (TPSA) is 70.3 Å². The van der Waals surface area contributed by atoms with Crippen LogP contribution in [0.25, 0.3) is 0 Å². The first-order valence-corrected chi connectivity index (χ1v) is 5.31. The maximum Gasteiger partial charge on any atom is 0.310 e. The van der Waals surface area contributed by atoms with Gasteiger partial charge in [0.2, 0.25) is 0 Å². The predicted molar refractivity (Wildman–Crippen MR) is 60.5 cm³/mol. The SMILES string of the molecule is COC(=O)Cc1c(CO)ccc(Br)c1C#N. The molecule has 16 heavy (non-hydrogen) atoms. The van der Waals surface area contributed by atoms with E-state index in [1.807, 2.05) is 6.07 Å². The van der Waals surface area contributed by atoms with Crippen molar-refractivity contribution in [3.8, 4) is 6.07 Å². The lowest BCUT2D eigenvalue weighted by atomic mass is 9.99. The second kappa shape index (κ2) is 5.64. The number of carbonyl (C=O) groups excluding carboxylic acids is 1. The summed E-state index contributed by atoms with van der Waals surface area (Å²) >= 11 is 3.23. The van der Waals surface area contributed by atoms with Gasteiger partial charge >= 0.3 is 5.97 Å². The van der Waals surface area contributed by atoms with Crippen molar-refractivity contribution in [3.63, 3.8) is 0 Å². The van der Waals surface area contributed by atoms with Crippen LogP contribution in [0.4, 0.5) is 0 Å². The van der Waals surface area contributed by atoms with E-state index < -0.39 is 5.97 Å². The second-order valence-corrected chi connectivity index (χ2v) is 3.94. The maximum absolute atomic E-state index is 11.2. The molecule has 1 aromatic rings. The lowest BCUT2D eigenvalue weighted by Crippen LogP contribution is -2.09. The van der Waals surface area contributed by atoms with Crippen LogP contribution in [0.1, 0.15) is 16.7 Å². The predicted octanol–water partition coefficient (Wildman–Crippen LogP) is 1.53. The molecular formula is C11H10BrNO3. The fraction of sp³-hybridized carbons (Fsp3) is 0.273. The first kappa shape index (κ1) is 12.7. The Hall–Kier alpha value is -1.38. The number of rotatable bonds is 3. The molecule has 0 amide bonds. The summed E-state index contributed by atoms with van der Waals surface area (Å²) in [7, 11) is 1.28. The van der Waals surface area contributed by atoms with E-state index in [9.17, 15) is 4.79 Å². The molecular weight excluding hydrogens is 274 g/mol. The van der Waals surface area contributed by atoms with Crippen LogP contribution >= 0.6 is 15.9 Å². The van der Waals surface area contributed by atoms with Gasteiger partial charge in [0, 0.05) is 4.47 Å². The van der Waals surface area contributed by atoms with E-state index in [1.54, 1.807) is 12.1 Å². The summed E-state index contributed by atoms with van der Waals surface area (Å²) in [6.45, 7) is -0.214. The maximum atomic E-state index is 11.2. The molecule has 0 aliphatic rings. The Morgan fingerprint density at radius 3 is 2.81 bits per heavy atom. The zero-order valence-corrected chi connectivity index (χ0v) is 10.2. The number of aliphatic hydroxyl groups is 1. The lowest BCUT2D eigenvalue weighted by Gasteiger charge is -2.09. The van der Waals surface area contributed by atoms with Crippen molar-refractivity contribution >= 4 is 21.9 Å². The molecule has 1 aromatic carbocycles. The van der Waals surface area contributed by atoms with Crippen molar-refractivity contribution in [2.75, 3.05) is 7.11 Å². The first-order chi connectivity index (χ1) is 7.63. The highest BCUT2D eigenvalue weighted by Gasteiger charge is 2.15. The molecule has 0 fully saturated rings. The summed E-state index contributed by atoms with van der Waals surface area (Å²) in [5.74, 6) is -0.440. The summed E-state index contributed by atoms with van der Waals surface area (Å²) < 4.78 is 5.15. The molecule has 0 radical (unpaired) electrons. The van der Waals surface area contributed by atoms with Crippen LogP contribution in [0.2, 0.25) is 0 Å². The number of carbonyl (C=O) groups is 1. The number of nitrogens with zero attached hydrogens (tertiary/aromatic N) is 1. The van der Waals surface area contributed by atoms with Crippen molar-refractivity contribution in [1.82, 2.24) is 0 Å². The Labute approximate surface area is 102 Å². The third kappa shape index (κ3) is 2.60. The second-order valence-electron chi connectivity index (χ2n) is 3.08. The molecule has 0 saturated heterocycles. The average Bonchev–Trinajstić information content (AvgIpc) is 2.29. The highest BCUT2D eigenvalue weighted by molar-refractivity contribution is 9.10. The first-order valence-electron chi connectivity index (χ1n) is 4.52. The molecule has 0 saturated carbocycles. The number of aliphatic hydroxyl groups excluding tert-OH is 1. The van der Waals surface area contributed by atoms with Crippen molar-refractivity contribution in [3.05, 3.63) is 33.3 Å². The van der Waals surface area contributed by atoms with Gasteiger partial charge in [-0.05, 0) is 33.1 Å². The number of benzene rings is 1. The third-order valence-corrected chi connectivity index (χ3v) is 2.85. The molecule has 84 valence electrons. The molecule has 0 aliphatic heterocycles. The summed E-state index contributed by atoms with van der Waals surface area (Å²) in [5, 5.41) is 18.1. The van der Waals surface area contributed by atoms with Gasteiger partial charge in [0.25, 0.3) is 0 Å². The highest BCUT2D eigenvalue weighted by atomic mass is 79.9. The zero-order chi connectivity index (χ0) is 12.1. The minimum absolute atomic E-state index is 0.0191. The number of hydrogen-bond donors (Lipinski definition) is 1. The van der Waals surface area contributed by atoms with E-state index in [2.05, 4.69) is 20.7 Å². The smallest absolute Gasteiger partial charge is 0.310 e. The van der Waals surface area contributed by atoms with Crippen LogP contribution in [-0.4, -0.2) is 18.2 Å². The molecule has 1 rings (SSSR count). The van der Waals surface area contributed by atoms with E-state index in [1.165, 1.54) is 7.11 Å². The highest BCUT2D eigenvalue weighted by Crippen LogP contribution is 2.24. The minimum atomic E-state index is -0.440. The van der Waals surface area contributed by atoms with E-state index in [0.29, 0.717) is 21.2 Å². The Balaban J connectivity index is 3.26. The van der Waals surface area contributed by atoms with E-state index >= 15 is 0 Å². The van der Waals surface area contributed by atoms with Crippen LogP contribution in [-0.2, 0) is 22.6 Å². The Bertz CT molecular complexity index is 451. The summed E-state index contributed by atoms with van der Waals surface area (Å²) in [6.07, 6.45) is -0.0191. The monoisotopic (exact) mass is 283 g/mol. The van der Waals surface area contributed by atoms with Crippen LogP contribution in [0, 0.1) is 11.3 Å². The molecule has 4 nitrogen and oxygen atoms in total. The van der Waals surface area contributed by atoms with Gasteiger partial charge in [0.1, 0.15) is 6.07 Å². The zero-order valence-electron chi connectivity index (χ0n) is 8.66. The molecule has 0 spiro atoms. The van der Waals surface area contributed by atoms with Crippen LogP contribution in [0.15, 0.2) is 16.6 Å². The summed E-state index contributed by atoms with van der Waals surface area (Å²) in [4.78, 5) is 11.2. The van der Waals surface area contributed by atoms with Crippen molar-refractivity contribution in [2.45, 2.75) is 13.0 Å². The van der Waals surface area contributed by atoms with Gasteiger partial charge in [-0.3, -0.25) is 4.79 Å². The molecule has 0 bridgehead atoms. The molecule has 0 aliphatic carbocycles. The van der Waals surface area contributed by atoms with Gasteiger partial charge < -0.3 is 9.84 Å². The number of nitriles is 1. The number of esters is 1. The van der Waals surface area contributed by atoms with Gasteiger partial charge in [0.05, 0.1) is 25.7 Å². The van der Waals surface area contributed by atoms with Gasteiger partial charge in [0.15, 0.2) is 0 Å². The van der Waals surface area contributed by atoms with E-state index in [4.69, 9.17) is 10.4 Å². The van der Waals surface area contributed by atoms with Gasteiger partial charge in [-0.2, -0.15) is 5.26 Å². The third-order valence-electron chi connectivity index (χ3n) is 2.19. The molecule has 5 heteroatoms. The van der Waals surface area contributed by atoms with Crippen molar-refractivity contribution < 1.29 is 14.6 Å². The molecule has 1 N–H and O–H groups in total. The van der Waals surface area contributed by atoms with Gasteiger partial charge in [-0.15, -0.1) is 0 Å². The number of halogens is 1. The van der Waals surface area contributed by atoms with Gasteiger partial charge in [-0.1, -0.05) is 6.07 Å². The fourth-order valence-electron chi connectivity index (χ4n) is 1.35. The molecule has 0 aromatic heterocycles. The average molecular weight is 284 g/mol. The molecule has 0 unspecified atom stereocenters. The Morgan fingerprint density at radius 2 is 2.31 bits per heavy atom. The number of hydrogen-bond acceptors (Lipinski definition) is 4. The Kier molecular flexibility index (Phi) is 4.47.